The molecule has 3 aromatic carbocycles. The zero-order chi connectivity index (χ0) is 24.9. The highest BCUT2D eigenvalue weighted by molar-refractivity contribution is 7.90. The molecule has 0 aliphatic carbocycles. The number of methoxy groups -OCH3 is 4. The van der Waals surface area contributed by atoms with E-state index in [2.05, 4.69) is 0 Å². The molecule has 0 unspecified atom stereocenters. The standard InChI is InChI=1S/C25H24ClFO6S/c1-30-22-12-16(13-23(31-2)25(22)33-4)8-9-17-10-11-21(27)24(32-3)20(17)15-34(28,29)19-7-5-6-18(26)14-19/h5-14H,15H2,1-4H3/b9-8-. The Morgan fingerprint density at radius 1 is 0.853 bits per heavy atom. The minimum atomic E-state index is -3.84. The number of halogens is 2. The number of benzene rings is 3. The molecule has 0 spiro atoms. The molecule has 0 aliphatic rings. The van der Waals surface area contributed by atoms with E-state index in [1.54, 1.807) is 36.4 Å². The molecule has 34 heavy (non-hydrogen) atoms. The van der Waals surface area contributed by atoms with Crippen LogP contribution in [0.2, 0.25) is 5.02 Å². The second kappa shape index (κ2) is 10.8. The van der Waals surface area contributed by atoms with E-state index in [0.29, 0.717) is 28.4 Å². The van der Waals surface area contributed by atoms with Gasteiger partial charge in [-0.2, -0.15) is 0 Å². The van der Waals surface area contributed by atoms with Crippen LogP contribution in [0.1, 0.15) is 16.7 Å². The van der Waals surface area contributed by atoms with Gasteiger partial charge in [-0.25, -0.2) is 12.8 Å². The van der Waals surface area contributed by atoms with Crippen LogP contribution in [0.25, 0.3) is 12.2 Å². The molecule has 3 aromatic rings. The first-order chi connectivity index (χ1) is 16.2. The van der Waals surface area contributed by atoms with Crippen molar-refractivity contribution >= 4 is 33.6 Å². The van der Waals surface area contributed by atoms with Crippen LogP contribution in [0.3, 0.4) is 0 Å². The molecule has 9 heteroatoms. The lowest BCUT2D eigenvalue weighted by atomic mass is 10.0. The highest BCUT2D eigenvalue weighted by Crippen LogP contribution is 2.39. The highest BCUT2D eigenvalue weighted by Gasteiger charge is 2.22. The SMILES string of the molecule is COc1cc(/C=C\c2ccc(F)c(OC)c2CS(=O)(=O)c2cccc(Cl)c2)cc(OC)c1OC. The minimum Gasteiger partial charge on any atom is -0.493 e. The molecule has 6 nitrogen and oxygen atoms in total. The molecule has 0 aliphatic heterocycles. The Morgan fingerprint density at radius 2 is 1.50 bits per heavy atom. The van der Waals surface area contributed by atoms with E-state index in [1.165, 1.54) is 52.7 Å². The monoisotopic (exact) mass is 506 g/mol. The number of ether oxygens (including phenoxy) is 4. The maximum atomic E-state index is 14.5. The van der Waals surface area contributed by atoms with Gasteiger partial charge in [0.05, 0.1) is 39.1 Å². The third-order valence-electron chi connectivity index (χ3n) is 5.08. The molecule has 180 valence electrons. The minimum absolute atomic E-state index is 0.0332. The summed E-state index contributed by atoms with van der Waals surface area (Å²) in [7, 11) is 1.97. The summed E-state index contributed by atoms with van der Waals surface area (Å²) in [5.41, 5.74) is 1.35. The zero-order valence-corrected chi connectivity index (χ0v) is 20.7. The zero-order valence-electron chi connectivity index (χ0n) is 19.1. The Balaban J connectivity index is 2.08. The van der Waals surface area contributed by atoms with Gasteiger partial charge < -0.3 is 18.9 Å². The molecule has 0 fully saturated rings. The van der Waals surface area contributed by atoms with Crippen LogP contribution >= 0.6 is 11.6 Å². The van der Waals surface area contributed by atoms with E-state index in [9.17, 15) is 12.8 Å². The molecular formula is C25H24ClFO6S. The number of hydrogen-bond donors (Lipinski definition) is 0. The molecule has 0 atom stereocenters. The van der Waals surface area contributed by atoms with E-state index < -0.39 is 21.4 Å². The van der Waals surface area contributed by atoms with Crippen LogP contribution in [0.5, 0.6) is 23.0 Å². The molecule has 3 rings (SSSR count). The van der Waals surface area contributed by atoms with Crippen LogP contribution in [-0.2, 0) is 15.6 Å². The predicted octanol–water partition coefficient (Wildman–Crippen LogP) is 5.66. The molecular weight excluding hydrogens is 483 g/mol. The van der Waals surface area contributed by atoms with Crippen LogP contribution in [0.15, 0.2) is 53.4 Å². The summed E-state index contributed by atoms with van der Waals surface area (Å²) < 4.78 is 62.0. The van der Waals surface area contributed by atoms with Crippen molar-refractivity contribution in [2.24, 2.45) is 0 Å². The first-order valence-corrected chi connectivity index (χ1v) is 12.1. The van der Waals surface area contributed by atoms with Gasteiger partial charge in [0.2, 0.25) is 5.75 Å². The van der Waals surface area contributed by atoms with Crippen LogP contribution < -0.4 is 18.9 Å². The summed E-state index contributed by atoms with van der Waals surface area (Å²) in [5, 5.41) is 0.287. The number of rotatable bonds is 9. The molecule has 0 amide bonds. The lowest BCUT2D eigenvalue weighted by Crippen LogP contribution is -2.08. The van der Waals surface area contributed by atoms with E-state index in [4.69, 9.17) is 30.5 Å². The average Bonchev–Trinajstić information content (AvgIpc) is 2.82. The van der Waals surface area contributed by atoms with Gasteiger partial charge in [0.25, 0.3) is 0 Å². The lowest BCUT2D eigenvalue weighted by molar-refractivity contribution is 0.324. The summed E-state index contributed by atoms with van der Waals surface area (Å²) in [6.45, 7) is 0. The van der Waals surface area contributed by atoms with Crippen molar-refractivity contribution < 1.29 is 31.8 Å². The van der Waals surface area contributed by atoms with Gasteiger partial charge in [-0.3, -0.25) is 0 Å². The average molecular weight is 507 g/mol. The molecule has 0 saturated heterocycles. The third kappa shape index (κ3) is 5.46. The Hall–Kier alpha value is -3.23. The molecule has 0 saturated carbocycles. The fraction of sp³-hybridized carbons (Fsp3) is 0.200. The lowest BCUT2D eigenvalue weighted by Gasteiger charge is -2.14. The van der Waals surface area contributed by atoms with Crippen molar-refractivity contribution in [3.63, 3.8) is 0 Å². The van der Waals surface area contributed by atoms with Crippen molar-refractivity contribution in [1.29, 1.82) is 0 Å². The third-order valence-corrected chi connectivity index (χ3v) is 6.96. The normalized spacial score (nSPS) is 11.5. The van der Waals surface area contributed by atoms with Gasteiger partial charge in [0.15, 0.2) is 32.9 Å². The summed E-state index contributed by atoms with van der Waals surface area (Å²) in [5.74, 6) is 0.0765. The summed E-state index contributed by atoms with van der Waals surface area (Å²) in [4.78, 5) is 0.0332. The quantitative estimate of drug-likeness (QED) is 0.349. The van der Waals surface area contributed by atoms with E-state index in [-0.39, 0.29) is 21.2 Å². The van der Waals surface area contributed by atoms with E-state index in [1.807, 2.05) is 0 Å². The van der Waals surface area contributed by atoms with Gasteiger partial charge >= 0.3 is 0 Å². The van der Waals surface area contributed by atoms with Crippen molar-refractivity contribution in [3.8, 4) is 23.0 Å². The first-order valence-electron chi connectivity index (χ1n) is 10.1. The topological polar surface area (TPSA) is 71.1 Å². The van der Waals surface area contributed by atoms with Crippen molar-refractivity contribution in [3.05, 3.63) is 76.1 Å². The smallest absolute Gasteiger partial charge is 0.203 e. The largest absolute Gasteiger partial charge is 0.493 e. The predicted molar refractivity (Wildman–Crippen MR) is 130 cm³/mol. The molecule has 0 aromatic heterocycles. The summed E-state index contributed by atoms with van der Waals surface area (Å²) >= 11 is 5.97. The van der Waals surface area contributed by atoms with E-state index >= 15 is 0 Å². The Kier molecular flexibility index (Phi) is 8.06. The maximum absolute atomic E-state index is 14.5. The Morgan fingerprint density at radius 3 is 2.06 bits per heavy atom. The summed E-state index contributed by atoms with van der Waals surface area (Å²) in [6, 6.07) is 12.1. The van der Waals surface area contributed by atoms with Gasteiger partial charge in [-0.15, -0.1) is 0 Å². The Bertz CT molecular complexity index is 1300. The van der Waals surface area contributed by atoms with Crippen molar-refractivity contribution in [1.82, 2.24) is 0 Å². The van der Waals surface area contributed by atoms with Crippen molar-refractivity contribution in [2.75, 3.05) is 28.4 Å². The van der Waals surface area contributed by atoms with E-state index in [0.717, 1.165) is 0 Å². The second-order valence-corrected chi connectivity index (χ2v) is 9.58. The van der Waals surface area contributed by atoms with Gasteiger partial charge in [-0.1, -0.05) is 35.9 Å². The molecule has 0 N–H and O–H groups in total. The first kappa shape index (κ1) is 25.4. The van der Waals surface area contributed by atoms with Crippen LogP contribution in [0, 0.1) is 5.82 Å². The fourth-order valence-electron chi connectivity index (χ4n) is 3.46. The highest BCUT2D eigenvalue weighted by atomic mass is 35.5. The molecule has 0 radical (unpaired) electrons. The number of hydrogen-bond acceptors (Lipinski definition) is 6. The second-order valence-electron chi connectivity index (χ2n) is 7.16. The fourth-order valence-corrected chi connectivity index (χ4v) is 5.15. The number of sulfone groups is 1. The molecule has 0 heterocycles. The van der Waals surface area contributed by atoms with Crippen LogP contribution in [-0.4, -0.2) is 36.9 Å². The molecule has 0 bridgehead atoms. The summed E-state index contributed by atoms with van der Waals surface area (Å²) in [6.07, 6.45) is 3.40. The maximum Gasteiger partial charge on any atom is 0.203 e. The van der Waals surface area contributed by atoms with Crippen molar-refractivity contribution in [2.45, 2.75) is 10.6 Å². The van der Waals surface area contributed by atoms with Crippen LogP contribution in [0.4, 0.5) is 4.39 Å². The van der Waals surface area contributed by atoms with Gasteiger partial charge in [0.1, 0.15) is 0 Å². The Labute approximate surface area is 203 Å². The van der Waals surface area contributed by atoms with Gasteiger partial charge in [0, 0.05) is 10.6 Å². The van der Waals surface area contributed by atoms with Gasteiger partial charge in [-0.05, 0) is 47.5 Å².